The van der Waals surface area contributed by atoms with Crippen molar-refractivity contribution in [3.63, 3.8) is 0 Å². The summed E-state index contributed by atoms with van der Waals surface area (Å²) in [5.41, 5.74) is 1.18. The maximum atomic E-state index is 12.4. The number of aryl methyl sites for hydroxylation is 3. The van der Waals surface area contributed by atoms with E-state index in [2.05, 4.69) is 10.2 Å². The van der Waals surface area contributed by atoms with Gasteiger partial charge in [-0.25, -0.2) is 0 Å². The number of aromatic nitrogens is 2. The first-order chi connectivity index (χ1) is 13.2. The second-order valence-corrected chi connectivity index (χ2v) is 6.78. The zero-order chi connectivity index (χ0) is 19.1. The number of ether oxygens (including phenoxy) is 2. The average Bonchev–Trinajstić information content (AvgIpc) is 3.18. The summed E-state index contributed by atoms with van der Waals surface area (Å²) in [7, 11) is 3.35. The van der Waals surface area contributed by atoms with Gasteiger partial charge in [0.25, 0.3) is 0 Å². The summed E-state index contributed by atoms with van der Waals surface area (Å²) in [4.78, 5) is 14.2. The monoisotopic (exact) mass is 373 g/mol. The fraction of sp³-hybridized carbons (Fsp3) is 0.550. The lowest BCUT2D eigenvalue weighted by molar-refractivity contribution is -0.134. The Kier molecular flexibility index (Phi) is 6.81. The smallest absolute Gasteiger partial charge is 0.223 e. The lowest BCUT2D eigenvalue weighted by Crippen LogP contribution is -2.42. The van der Waals surface area contributed by atoms with Crippen molar-refractivity contribution in [2.24, 2.45) is 0 Å². The molecule has 1 fully saturated rings. The minimum atomic E-state index is 0.120. The van der Waals surface area contributed by atoms with Crippen molar-refractivity contribution >= 4 is 5.91 Å². The van der Waals surface area contributed by atoms with Crippen molar-refractivity contribution in [3.05, 3.63) is 41.6 Å². The maximum Gasteiger partial charge on any atom is 0.223 e. The van der Waals surface area contributed by atoms with Gasteiger partial charge in [-0.15, -0.1) is 10.2 Å². The van der Waals surface area contributed by atoms with Crippen LogP contribution < -0.4 is 4.74 Å². The van der Waals surface area contributed by atoms with Crippen LogP contribution in [-0.2, 0) is 28.8 Å². The van der Waals surface area contributed by atoms with Crippen LogP contribution in [0.25, 0.3) is 0 Å². The van der Waals surface area contributed by atoms with Gasteiger partial charge < -0.3 is 18.8 Å². The quantitative estimate of drug-likeness (QED) is 0.707. The van der Waals surface area contributed by atoms with E-state index in [1.807, 2.05) is 29.2 Å². The molecule has 0 unspecified atom stereocenters. The van der Waals surface area contributed by atoms with Gasteiger partial charge in [0.1, 0.15) is 5.75 Å². The van der Waals surface area contributed by atoms with Crippen LogP contribution in [0.4, 0.5) is 0 Å². The van der Waals surface area contributed by atoms with Crippen LogP contribution in [0.3, 0.4) is 0 Å². The summed E-state index contributed by atoms with van der Waals surface area (Å²) in [6, 6.07) is 7.94. The molecule has 0 saturated carbocycles. The number of carbonyl (C=O) groups excluding carboxylic acids is 1. The van der Waals surface area contributed by atoms with Gasteiger partial charge in [-0.3, -0.25) is 4.79 Å². The summed E-state index contributed by atoms with van der Waals surface area (Å²) in [6.07, 6.45) is 4.50. The Labute approximate surface area is 159 Å². The molecular weight excluding hydrogens is 346 g/mol. The van der Waals surface area contributed by atoms with Crippen molar-refractivity contribution in [2.45, 2.75) is 44.6 Å². The first kappa shape index (κ1) is 19.4. The number of hydrogen-bond acceptors (Lipinski definition) is 6. The van der Waals surface area contributed by atoms with Crippen LogP contribution in [0.1, 0.15) is 36.6 Å². The number of piperidine rings is 1. The highest BCUT2D eigenvalue weighted by molar-refractivity contribution is 5.76. The van der Waals surface area contributed by atoms with Crippen LogP contribution >= 0.6 is 0 Å². The Morgan fingerprint density at radius 2 is 1.89 bits per heavy atom. The highest BCUT2D eigenvalue weighted by atomic mass is 16.5. The van der Waals surface area contributed by atoms with Crippen molar-refractivity contribution in [1.82, 2.24) is 15.1 Å². The number of benzene rings is 1. The maximum absolute atomic E-state index is 12.4. The van der Waals surface area contributed by atoms with E-state index in [0.717, 1.165) is 31.6 Å². The Morgan fingerprint density at radius 1 is 1.15 bits per heavy atom. The molecule has 1 aliphatic rings. The van der Waals surface area contributed by atoms with E-state index in [9.17, 15) is 4.79 Å². The number of carbonyl (C=O) groups is 1. The second kappa shape index (κ2) is 9.50. The SMILES string of the molecule is COc1ccc(CCc2nnc(CCC(=O)N3CCC[C@H](OC)C3)o2)cc1. The molecular formula is C20H27N3O4. The van der Waals surface area contributed by atoms with Gasteiger partial charge in [-0.05, 0) is 37.0 Å². The van der Waals surface area contributed by atoms with Crippen molar-refractivity contribution in [2.75, 3.05) is 27.3 Å². The third kappa shape index (κ3) is 5.53. The molecule has 0 spiro atoms. The largest absolute Gasteiger partial charge is 0.497 e. The molecule has 146 valence electrons. The fourth-order valence-electron chi connectivity index (χ4n) is 3.26. The predicted molar refractivity (Wildman–Crippen MR) is 99.6 cm³/mol. The van der Waals surface area contributed by atoms with E-state index in [1.54, 1.807) is 14.2 Å². The molecule has 0 bridgehead atoms. The summed E-state index contributed by atoms with van der Waals surface area (Å²) in [5.74, 6) is 2.09. The fourth-order valence-corrected chi connectivity index (χ4v) is 3.26. The van der Waals surface area contributed by atoms with Crippen molar-refractivity contribution < 1.29 is 18.7 Å². The Hall–Kier alpha value is -2.41. The first-order valence-electron chi connectivity index (χ1n) is 9.42. The topological polar surface area (TPSA) is 77.7 Å². The molecule has 1 aliphatic heterocycles. The summed E-state index contributed by atoms with van der Waals surface area (Å²) < 4.78 is 16.2. The molecule has 27 heavy (non-hydrogen) atoms. The van der Waals surface area contributed by atoms with E-state index in [0.29, 0.717) is 37.6 Å². The third-order valence-electron chi connectivity index (χ3n) is 4.91. The minimum absolute atomic E-state index is 0.120. The summed E-state index contributed by atoms with van der Waals surface area (Å²) in [5, 5.41) is 8.17. The number of amides is 1. The zero-order valence-electron chi connectivity index (χ0n) is 16.0. The Balaban J connectivity index is 1.44. The van der Waals surface area contributed by atoms with E-state index in [4.69, 9.17) is 13.9 Å². The molecule has 0 N–H and O–H groups in total. The molecule has 1 saturated heterocycles. The first-order valence-corrected chi connectivity index (χ1v) is 9.42. The summed E-state index contributed by atoms with van der Waals surface area (Å²) >= 11 is 0. The normalized spacial score (nSPS) is 17.1. The molecule has 7 heteroatoms. The number of nitrogens with zero attached hydrogens (tertiary/aromatic N) is 3. The van der Waals surface area contributed by atoms with Crippen LogP contribution in [0.5, 0.6) is 5.75 Å². The molecule has 2 heterocycles. The summed E-state index contributed by atoms with van der Waals surface area (Å²) in [6.45, 7) is 1.47. The van der Waals surface area contributed by atoms with Crippen LogP contribution in [0.2, 0.25) is 0 Å². The van der Waals surface area contributed by atoms with Gasteiger partial charge in [0.05, 0.1) is 13.2 Å². The number of rotatable bonds is 8. The van der Waals surface area contributed by atoms with E-state index in [-0.39, 0.29) is 12.0 Å². The lowest BCUT2D eigenvalue weighted by atomic mass is 10.1. The van der Waals surface area contributed by atoms with Crippen LogP contribution in [0, 0.1) is 0 Å². The molecule has 2 aromatic rings. The third-order valence-corrected chi connectivity index (χ3v) is 4.91. The highest BCUT2D eigenvalue weighted by Crippen LogP contribution is 2.15. The standard InChI is InChI=1S/C20H27N3O4/c1-25-16-8-5-15(6-9-16)7-10-18-21-22-19(27-18)11-12-20(24)23-13-3-4-17(14-23)26-2/h5-6,8-9,17H,3-4,7,10-14H2,1-2H3/t17-/m0/s1. The Bertz CT molecular complexity index is 729. The minimum Gasteiger partial charge on any atom is -0.497 e. The molecule has 1 aromatic carbocycles. The molecule has 3 rings (SSSR count). The highest BCUT2D eigenvalue weighted by Gasteiger charge is 2.23. The average molecular weight is 373 g/mol. The van der Waals surface area contributed by atoms with E-state index >= 15 is 0 Å². The van der Waals surface area contributed by atoms with E-state index in [1.165, 1.54) is 5.56 Å². The lowest BCUT2D eigenvalue weighted by Gasteiger charge is -2.31. The van der Waals surface area contributed by atoms with E-state index < -0.39 is 0 Å². The molecule has 1 atom stereocenters. The van der Waals surface area contributed by atoms with Crippen LogP contribution in [0.15, 0.2) is 28.7 Å². The Morgan fingerprint density at radius 3 is 2.59 bits per heavy atom. The number of hydrogen-bond donors (Lipinski definition) is 0. The van der Waals surface area contributed by atoms with Crippen molar-refractivity contribution in [1.29, 1.82) is 0 Å². The number of likely N-dealkylation sites (tertiary alicyclic amines) is 1. The van der Waals surface area contributed by atoms with Gasteiger partial charge >= 0.3 is 0 Å². The number of methoxy groups -OCH3 is 2. The van der Waals surface area contributed by atoms with Gasteiger partial charge in [0.2, 0.25) is 17.7 Å². The zero-order valence-corrected chi connectivity index (χ0v) is 16.0. The van der Waals surface area contributed by atoms with Gasteiger partial charge in [0, 0.05) is 39.5 Å². The van der Waals surface area contributed by atoms with Gasteiger partial charge in [-0.2, -0.15) is 0 Å². The van der Waals surface area contributed by atoms with Crippen molar-refractivity contribution in [3.8, 4) is 5.75 Å². The molecule has 0 radical (unpaired) electrons. The van der Waals surface area contributed by atoms with Gasteiger partial charge in [0.15, 0.2) is 0 Å². The van der Waals surface area contributed by atoms with Gasteiger partial charge in [-0.1, -0.05) is 12.1 Å². The molecule has 7 nitrogen and oxygen atoms in total. The molecule has 0 aliphatic carbocycles. The van der Waals surface area contributed by atoms with Crippen LogP contribution in [-0.4, -0.2) is 54.4 Å². The predicted octanol–water partition coefficient (Wildman–Crippen LogP) is 2.43. The second-order valence-electron chi connectivity index (χ2n) is 6.78. The molecule has 1 amide bonds. The molecule has 1 aromatic heterocycles.